The minimum atomic E-state index is -1.30. The van der Waals surface area contributed by atoms with Crippen LogP contribution in [0.3, 0.4) is 0 Å². The highest BCUT2D eigenvalue weighted by molar-refractivity contribution is 5.97. The van der Waals surface area contributed by atoms with E-state index in [0.717, 1.165) is 12.0 Å². The molecule has 3 rings (SSSR count). The summed E-state index contributed by atoms with van der Waals surface area (Å²) in [4.78, 5) is 36.1. The molecule has 0 aliphatic rings. The Kier molecular flexibility index (Phi) is 10.6. The Labute approximate surface area is 221 Å². The van der Waals surface area contributed by atoms with Crippen LogP contribution in [0.1, 0.15) is 34.0 Å². The number of benzene rings is 3. The molecule has 2 atom stereocenters. The molecule has 0 spiro atoms. The summed E-state index contributed by atoms with van der Waals surface area (Å²) in [5, 5.41) is 26.8. The van der Waals surface area contributed by atoms with Crippen molar-refractivity contribution in [2.24, 2.45) is 0 Å². The SMILES string of the molecule is CC(O)C(NC(=O)c1ccc(C#Cc2ccc(NC(=O)CNCCc3ccccc3)cc2)cc1)C(=O)NO. The van der Waals surface area contributed by atoms with Gasteiger partial charge in [0.1, 0.15) is 6.04 Å². The maximum atomic E-state index is 12.4. The number of aliphatic hydroxyl groups is 1. The van der Waals surface area contributed by atoms with Crippen molar-refractivity contribution in [3.63, 3.8) is 0 Å². The number of carbonyl (C=O) groups is 3. The van der Waals surface area contributed by atoms with Crippen molar-refractivity contribution in [2.75, 3.05) is 18.4 Å². The van der Waals surface area contributed by atoms with Crippen molar-refractivity contribution in [2.45, 2.75) is 25.5 Å². The molecule has 0 saturated carbocycles. The monoisotopic (exact) mass is 514 g/mol. The standard InChI is InChI=1S/C29H30N4O5/c1-20(34)27(29(37)33-38)32-28(36)24-13-9-22(10-14-24)7-8-23-11-15-25(16-12-23)31-26(35)19-30-18-17-21-5-3-2-4-6-21/h2-6,9-16,20,27,30,34,38H,17-19H2,1H3,(H,31,35)(H,32,36)(H,33,37). The molecule has 196 valence electrons. The molecule has 9 heteroatoms. The zero-order valence-corrected chi connectivity index (χ0v) is 20.9. The van der Waals surface area contributed by atoms with Crippen molar-refractivity contribution in [1.82, 2.24) is 16.1 Å². The highest BCUT2D eigenvalue weighted by Gasteiger charge is 2.25. The Balaban J connectivity index is 1.47. The first kappa shape index (κ1) is 28.1. The predicted octanol–water partition coefficient (Wildman–Crippen LogP) is 1.84. The van der Waals surface area contributed by atoms with Gasteiger partial charge in [0.2, 0.25) is 5.91 Å². The van der Waals surface area contributed by atoms with Gasteiger partial charge in [-0.2, -0.15) is 0 Å². The highest BCUT2D eigenvalue weighted by Crippen LogP contribution is 2.10. The number of anilines is 1. The van der Waals surface area contributed by atoms with E-state index in [4.69, 9.17) is 5.21 Å². The number of hydrogen-bond donors (Lipinski definition) is 6. The summed E-state index contributed by atoms with van der Waals surface area (Å²) in [6, 6.07) is 22.3. The van der Waals surface area contributed by atoms with Crippen LogP contribution in [-0.2, 0) is 16.0 Å². The van der Waals surface area contributed by atoms with E-state index in [1.807, 2.05) is 18.2 Å². The van der Waals surface area contributed by atoms with Gasteiger partial charge in [-0.25, -0.2) is 5.48 Å². The van der Waals surface area contributed by atoms with Crippen LogP contribution < -0.4 is 21.4 Å². The second-order valence-corrected chi connectivity index (χ2v) is 8.53. The number of rotatable bonds is 10. The second-order valence-electron chi connectivity index (χ2n) is 8.53. The quantitative estimate of drug-likeness (QED) is 0.106. The average Bonchev–Trinajstić information content (AvgIpc) is 2.94. The summed E-state index contributed by atoms with van der Waals surface area (Å²) in [7, 11) is 0. The Hall–Kier alpha value is -4.49. The number of hydrogen-bond acceptors (Lipinski definition) is 6. The predicted molar refractivity (Wildman–Crippen MR) is 143 cm³/mol. The summed E-state index contributed by atoms with van der Waals surface area (Å²) in [5.74, 6) is 4.41. The first-order chi connectivity index (χ1) is 18.4. The molecule has 3 aromatic rings. The fourth-order valence-corrected chi connectivity index (χ4v) is 3.47. The molecule has 0 heterocycles. The topological polar surface area (TPSA) is 140 Å². The van der Waals surface area contributed by atoms with Crippen molar-refractivity contribution in [1.29, 1.82) is 0 Å². The number of nitrogens with one attached hydrogen (secondary N) is 4. The number of aliphatic hydroxyl groups excluding tert-OH is 1. The summed E-state index contributed by atoms with van der Waals surface area (Å²) < 4.78 is 0. The second kappa shape index (κ2) is 14.3. The lowest BCUT2D eigenvalue weighted by Crippen LogP contribution is -2.51. The van der Waals surface area contributed by atoms with E-state index in [2.05, 4.69) is 39.9 Å². The molecule has 2 unspecified atom stereocenters. The molecule has 0 bridgehead atoms. The van der Waals surface area contributed by atoms with Crippen molar-refractivity contribution in [3.8, 4) is 11.8 Å². The van der Waals surface area contributed by atoms with Gasteiger partial charge >= 0.3 is 0 Å². The van der Waals surface area contributed by atoms with E-state index in [-0.39, 0.29) is 18.0 Å². The fourth-order valence-electron chi connectivity index (χ4n) is 3.47. The van der Waals surface area contributed by atoms with Crippen molar-refractivity contribution >= 4 is 23.4 Å². The van der Waals surface area contributed by atoms with Crippen LogP contribution in [0, 0.1) is 11.8 Å². The van der Waals surface area contributed by atoms with Crippen molar-refractivity contribution < 1.29 is 24.7 Å². The zero-order chi connectivity index (χ0) is 27.3. The summed E-state index contributed by atoms with van der Waals surface area (Å²) in [5.41, 5.74) is 4.99. The lowest BCUT2D eigenvalue weighted by Gasteiger charge is -2.19. The van der Waals surface area contributed by atoms with Gasteiger partial charge in [0.05, 0.1) is 12.6 Å². The molecule has 0 aromatic heterocycles. The molecule has 0 saturated heterocycles. The van der Waals surface area contributed by atoms with Crippen LogP contribution in [0.25, 0.3) is 0 Å². The van der Waals surface area contributed by atoms with E-state index < -0.39 is 24.0 Å². The normalized spacial score (nSPS) is 11.9. The lowest BCUT2D eigenvalue weighted by atomic mass is 10.1. The lowest BCUT2D eigenvalue weighted by molar-refractivity contribution is -0.133. The molecule has 6 N–H and O–H groups in total. The van der Waals surface area contributed by atoms with Gasteiger partial charge in [-0.15, -0.1) is 0 Å². The number of amides is 3. The third-order valence-electron chi connectivity index (χ3n) is 5.55. The highest BCUT2D eigenvalue weighted by atomic mass is 16.5. The van der Waals surface area contributed by atoms with Gasteiger partial charge in [-0.1, -0.05) is 42.2 Å². The van der Waals surface area contributed by atoms with E-state index in [9.17, 15) is 19.5 Å². The summed E-state index contributed by atoms with van der Waals surface area (Å²) in [6.45, 7) is 2.25. The zero-order valence-electron chi connectivity index (χ0n) is 20.9. The maximum absolute atomic E-state index is 12.4. The maximum Gasteiger partial charge on any atom is 0.268 e. The third-order valence-corrected chi connectivity index (χ3v) is 5.55. The van der Waals surface area contributed by atoms with Gasteiger partial charge < -0.3 is 21.1 Å². The molecule has 9 nitrogen and oxygen atoms in total. The van der Waals surface area contributed by atoms with Crippen LogP contribution in [0.2, 0.25) is 0 Å². The van der Waals surface area contributed by atoms with Crippen LogP contribution in [0.15, 0.2) is 78.9 Å². The molecular formula is C29H30N4O5. The molecule has 3 aromatic carbocycles. The molecule has 0 fully saturated rings. The molecule has 0 aliphatic heterocycles. The largest absolute Gasteiger partial charge is 0.391 e. The molecular weight excluding hydrogens is 484 g/mol. The van der Waals surface area contributed by atoms with Crippen LogP contribution in [0.5, 0.6) is 0 Å². The fraction of sp³-hybridized carbons (Fsp3) is 0.207. The summed E-state index contributed by atoms with van der Waals surface area (Å²) >= 11 is 0. The average molecular weight is 515 g/mol. The smallest absolute Gasteiger partial charge is 0.268 e. The van der Waals surface area contributed by atoms with Crippen molar-refractivity contribution in [3.05, 3.63) is 101 Å². The Morgan fingerprint density at radius 2 is 1.47 bits per heavy atom. The first-order valence-corrected chi connectivity index (χ1v) is 12.0. The van der Waals surface area contributed by atoms with Gasteiger partial charge in [-0.05, 0) is 74.0 Å². The van der Waals surface area contributed by atoms with E-state index >= 15 is 0 Å². The Morgan fingerprint density at radius 3 is 2.05 bits per heavy atom. The molecule has 0 radical (unpaired) electrons. The molecule has 3 amide bonds. The number of carbonyl (C=O) groups excluding carboxylic acids is 3. The number of hydroxylamine groups is 1. The van der Waals surface area contributed by atoms with Crippen LogP contribution >= 0.6 is 0 Å². The van der Waals surface area contributed by atoms with Crippen LogP contribution in [0.4, 0.5) is 5.69 Å². The summed E-state index contributed by atoms with van der Waals surface area (Å²) in [6.07, 6.45) is -0.345. The van der Waals surface area contributed by atoms with E-state index in [1.54, 1.807) is 48.5 Å². The first-order valence-electron chi connectivity index (χ1n) is 12.0. The molecule has 38 heavy (non-hydrogen) atoms. The van der Waals surface area contributed by atoms with E-state index in [0.29, 0.717) is 17.8 Å². The van der Waals surface area contributed by atoms with E-state index in [1.165, 1.54) is 18.0 Å². The minimum absolute atomic E-state index is 0.127. The van der Waals surface area contributed by atoms with Gasteiger partial charge in [-0.3, -0.25) is 19.6 Å². The van der Waals surface area contributed by atoms with Gasteiger partial charge in [0, 0.05) is 22.4 Å². The van der Waals surface area contributed by atoms with Gasteiger partial charge in [0.25, 0.3) is 11.8 Å². The Morgan fingerprint density at radius 1 is 0.868 bits per heavy atom. The third kappa shape index (κ3) is 8.87. The molecule has 0 aliphatic carbocycles. The Bertz CT molecular complexity index is 1280. The minimum Gasteiger partial charge on any atom is -0.391 e. The van der Waals surface area contributed by atoms with Crippen LogP contribution in [-0.4, -0.2) is 53.3 Å². The van der Waals surface area contributed by atoms with Gasteiger partial charge in [0.15, 0.2) is 0 Å².